The Bertz CT molecular complexity index is 2590. The molecule has 236 valence electrons. The molecule has 1 spiro atoms. The lowest BCUT2D eigenvalue weighted by Crippen LogP contribution is -2.32. The van der Waals surface area contributed by atoms with Crippen LogP contribution in [0, 0.1) is 0 Å². The summed E-state index contributed by atoms with van der Waals surface area (Å²) in [7, 11) is 0. The first-order valence-corrected chi connectivity index (χ1v) is 17.7. The van der Waals surface area contributed by atoms with Crippen molar-refractivity contribution in [3.63, 3.8) is 0 Å². The van der Waals surface area contributed by atoms with Crippen molar-refractivity contribution in [1.82, 2.24) is 9.97 Å². The Kier molecular flexibility index (Phi) is 5.83. The van der Waals surface area contributed by atoms with Crippen molar-refractivity contribution < 1.29 is 4.74 Å². The molecule has 6 aromatic carbocycles. The van der Waals surface area contributed by atoms with Gasteiger partial charge in [-0.05, 0) is 58.4 Å². The molecular weight excluding hydrogens is 609 g/mol. The van der Waals surface area contributed by atoms with E-state index in [2.05, 4.69) is 152 Å². The second kappa shape index (κ2) is 10.5. The van der Waals surface area contributed by atoms with Crippen molar-refractivity contribution in [3.8, 4) is 34.0 Å². The van der Waals surface area contributed by atoms with Crippen LogP contribution in [0.5, 0.6) is 11.5 Å². The molecule has 1 aliphatic heterocycles. The summed E-state index contributed by atoms with van der Waals surface area (Å²) in [5.74, 6) is 2.92. The highest BCUT2D eigenvalue weighted by atomic mass is 16.5. The Morgan fingerprint density at radius 2 is 1.32 bits per heavy atom. The summed E-state index contributed by atoms with van der Waals surface area (Å²) in [6.07, 6.45) is 16.2. The van der Waals surface area contributed by atoms with Crippen LogP contribution in [-0.4, -0.2) is 9.97 Å². The van der Waals surface area contributed by atoms with Crippen molar-refractivity contribution >= 4 is 27.6 Å². The summed E-state index contributed by atoms with van der Waals surface area (Å²) in [6.45, 7) is 0. The minimum absolute atomic E-state index is 0.247. The largest absolute Gasteiger partial charge is 0.455 e. The Balaban J connectivity index is 1.20. The Labute approximate surface area is 290 Å². The minimum atomic E-state index is -0.562. The first-order valence-electron chi connectivity index (χ1n) is 17.7. The molecule has 2 heterocycles. The van der Waals surface area contributed by atoms with Crippen LogP contribution in [0.3, 0.4) is 0 Å². The third kappa shape index (κ3) is 3.75. The van der Waals surface area contributed by atoms with E-state index in [1.807, 2.05) is 0 Å². The summed E-state index contributed by atoms with van der Waals surface area (Å²) < 4.78 is 7.10. The molecule has 3 aliphatic carbocycles. The van der Waals surface area contributed by atoms with Crippen molar-refractivity contribution in [2.24, 2.45) is 0 Å². The van der Waals surface area contributed by atoms with Gasteiger partial charge in [0, 0.05) is 38.9 Å². The number of hydrogen-bond acceptors (Lipinski definition) is 3. The first kappa shape index (κ1) is 27.8. The fourth-order valence-corrected chi connectivity index (χ4v) is 9.07. The molecule has 0 amide bonds. The Morgan fingerprint density at radius 3 is 2.08 bits per heavy atom. The van der Waals surface area contributed by atoms with E-state index in [1.165, 1.54) is 49.7 Å². The van der Waals surface area contributed by atoms with Gasteiger partial charge in [0.15, 0.2) is 5.82 Å². The van der Waals surface area contributed by atoms with E-state index in [0.717, 1.165) is 64.3 Å². The highest BCUT2D eigenvalue weighted by molar-refractivity contribution is 6.00. The molecule has 11 rings (SSSR count). The molecule has 1 atom stereocenters. The van der Waals surface area contributed by atoms with Gasteiger partial charge in [0.2, 0.25) is 0 Å². The fraction of sp³-hybridized carbons (Fsp3) is 0.106. The number of hydrogen-bond donors (Lipinski definition) is 0. The van der Waals surface area contributed by atoms with Gasteiger partial charge in [-0.3, -0.25) is 0 Å². The monoisotopic (exact) mass is 640 g/mol. The van der Waals surface area contributed by atoms with Gasteiger partial charge in [-0.15, -0.1) is 0 Å². The molecule has 0 radical (unpaired) electrons. The molecule has 50 heavy (non-hydrogen) atoms. The SMILES string of the molecule is C1=CCC(c2nc(-c3ccc4c(c3)-c3ccccc3C43c4ccc5ccccc5c4Oc4c3ccc3ccccc43)nc3c2C=CCC3)C=C1. The van der Waals surface area contributed by atoms with Gasteiger partial charge >= 0.3 is 0 Å². The molecule has 0 N–H and O–H groups in total. The van der Waals surface area contributed by atoms with Crippen molar-refractivity contribution in [1.29, 1.82) is 0 Å². The van der Waals surface area contributed by atoms with Gasteiger partial charge in [-0.25, -0.2) is 9.97 Å². The summed E-state index contributed by atoms with van der Waals surface area (Å²) in [6, 6.07) is 42.2. The Hall–Kier alpha value is -6.06. The van der Waals surface area contributed by atoms with Gasteiger partial charge in [0.05, 0.1) is 16.8 Å². The van der Waals surface area contributed by atoms with Crippen LogP contribution in [0.4, 0.5) is 0 Å². The maximum absolute atomic E-state index is 7.10. The average molecular weight is 641 g/mol. The lowest BCUT2D eigenvalue weighted by molar-refractivity contribution is 0.447. The second-order valence-electron chi connectivity index (χ2n) is 13.9. The minimum Gasteiger partial charge on any atom is -0.455 e. The predicted molar refractivity (Wildman–Crippen MR) is 203 cm³/mol. The number of fused-ring (bicyclic) bond motifs is 14. The molecule has 7 aromatic rings. The molecule has 0 saturated heterocycles. The van der Waals surface area contributed by atoms with Gasteiger partial charge in [-0.1, -0.05) is 146 Å². The first-order chi connectivity index (χ1) is 24.8. The van der Waals surface area contributed by atoms with Crippen LogP contribution >= 0.6 is 0 Å². The highest BCUT2D eigenvalue weighted by Gasteiger charge is 2.51. The molecule has 1 unspecified atom stereocenters. The van der Waals surface area contributed by atoms with Gasteiger partial charge < -0.3 is 4.74 Å². The molecule has 3 heteroatoms. The number of aryl methyl sites for hydroxylation is 1. The smallest absolute Gasteiger partial charge is 0.159 e. The number of rotatable bonds is 2. The average Bonchev–Trinajstić information content (AvgIpc) is 3.47. The second-order valence-corrected chi connectivity index (χ2v) is 13.9. The molecule has 1 aromatic heterocycles. The zero-order chi connectivity index (χ0) is 32.8. The zero-order valence-electron chi connectivity index (χ0n) is 27.4. The van der Waals surface area contributed by atoms with Gasteiger partial charge in [0.25, 0.3) is 0 Å². The van der Waals surface area contributed by atoms with E-state index in [1.54, 1.807) is 0 Å². The van der Waals surface area contributed by atoms with Crippen LogP contribution < -0.4 is 4.74 Å². The van der Waals surface area contributed by atoms with Crippen LogP contribution in [0.25, 0.3) is 50.1 Å². The molecule has 4 aliphatic rings. The molecule has 3 nitrogen and oxygen atoms in total. The summed E-state index contributed by atoms with van der Waals surface area (Å²) in [5, 5.41) is 4.60. The summed E-state index contributed by atoms with van der Waals surface area (Å²) in [5.41, 5.74) is 11.3. The number of ether oxygens (including phenoxy) is 1. The van der Waals surface area contributed by atoms with Gasteiger partial charge in [0.1, 0.15) is 11.5 Å². The van der Waals surface area contributed by atoms with Crippen molar-refractivity contribution in [2.45, 2.75) is 30.6 Å². The normalized spacial score (nSPS) is 17.2. The van der Waals surface area contributed by atoms with E-state index in [-0.39, 0.29) is 5.92 Å². The van der Waals surface area contributed by atoms with E-state index >= 15 is 0 Å². The van der Waals surface area contributed by atoms with E-state index < -0.39 is 5.41 Å². The maximum atomic E-state index is 7.10. The molecule has 0 fully saturated rings. The van der Waals surface area contributed by atoms with Crippen LogP contribution in [-0.2, 0) is 11.8 Å². The van der Waals surface area contributed by atoms with E-state index in [9.17, 15) is 0 Å². The Morgan fingerprint density at radius 1 is 0.620 bits per heavy atom. The molecular formula is C47H32N2O. The third-order valence-electron chi connectivity index (χ3n) is 11.3. The van der Waals surface area contributed by atoms with Crippen LogP contribution in [0.15, 0.2) is 146 Å². The van der Waals surface area contributed by atoms with Crippen LogP contribution in [0.1, 0.15) is 58.0 Å². The number of nitrogens with zero attached hydrogens (tertiary/aromatic N) is 2. The third-order valence-corrected chi connectivity index (χ3v) is 11.3. The van der Waals surface area contributed by atoms with Crippen LogP contribution in [0.2, 0.25) is 0 Å². The van der Waals surface area contributed by atoms with Crippen molar-refractivity contribution in [2.75, 3.05) is 0 Å². The lowest BCUT2D eigenvalue weighted by atomic mass is 9.65. The van der Waals surface area contributed by atoms with Gasteiger partial charge in [-0.2, -0.15) is 0 Å². The van der Waals surface area contributed by atoms with E-state index in [4.69, 9.17) is 14.7 Å². The summed E-state index contributed by atoms with van der Waals surface area (Å²) >= 11 is 0. The zero-order valence-corrected chi connectivity index (χ0v) is 27.4. The highest BCUT2D eigenvalue weighted by Crippen LogP contribution is 2.64. The summed E-state index contributed by atoms with van der Waals surface area (Å²) in [4.78, 5) is 10.6. The maximum Gasteiger partial charge on any atom is 0.159 e. The standard InChI is InChI=1S/C47H32N2O/c1-2-14-31(15-3-1)43-36-19-9-11-21-42(36)48-46(49-43)32-24-25-39-37(28-32)35-18-8-10-20-38(35)47(39)40-26-22-29-12-4-6-16-33(29)44(40)50-45-34-17-7-5-13-30(34)23-27-41(45)47/h1-10,12-14,16-20,22-28,31H,11,15,21H2. The predicted octanol–water partition coefficient (Wildman–Crippen LogP) is 11.5. The molecule has 0 bridgehead atoms. The quantitative estimate of drug-likeness (QED) is 0.189. The number of aromatic nitrogens is 2. The lowest BCUT2D eigenvalue weighted by Gasteiger charge is -2.40. The topological polar surface area (TPSA) is 35.0 Å². The number of benzene rings is 6. The van der Waals surface area contributed by atoms with E-state index in [0.29, 0.717) is 0 Å². The number of allylic oxidation sites excluding steroid dienone is 5. The fourth-order valence-electron chi connectivity index (χ4n) is 9.07. The van der Waals surface area contributed by atoms with Crippen molar-refractivity contribution in [3.05, 3.63) is 185 Å². The molecule has 0 saturated carbocycles.